The van der Waals surface area contributed by atoms with E-state index in [2.05, 4.69) is 12.9 Å². The van der Waals surface area contributed by atoms with Gasteiger partial charge in [-0.2, -0.15) is 0 Å². The third-order valence-corrected chi connectivity index (χ3v) is 2.53. The van der Waals surface area contributed by atoms with E-state index in [1.807, 2.05) is 0 Å². The number of carbonyl (C=O) groups is 1. The molecule has 0 aliphatic carbocycles. The van der Waals surface area contributed by atoms with Crippen LogP contribution in [0, 0.1) is 0 Å². The van der Waals surface area contributed by atoms with Crippen LogP contribution in [0.1, 0.15) is 13.8 Å². The van der Waals surface area contributed by atoms with Crippen molar-refractivity contribution in [3.8, 4) is 0 Å². The first-order valence-electron chi connectivity index (χ1n) is 4.34. The number of hydrogen-bond acceptors (Lipinski definition) is 6. The van der Waals surface area contributed by atoms with Crippen molar-refractivity contribution < 1.29 is 23.2 Å². The lowest BCUT2D eigenvalue weighted by molar-refractivity contribution is -0.209. The molecule has 2 aliphatic heterocycles. The summed E-state index contributed by atoms with van der Waals surface area (Å²) >= 11 is 3.69. The first-order valence-corrected chi connectivity index (χ1v) is 4.70. The highest BCUT2D eigenvalue weighted by Crippen LogP contribution is 2.38. The topological polar surface area (TPSA) is 54.0 Å². The van der Waals surface area contributed by atoms with Crippen molar-refractivity contribution in [2.75, 3.05) is 0 Å². The second-order valence-electron chi connectivity index (χ2n) is 3.78. The lowest BCUT2D eigenvalue weighted by Crippen LogP contribution is -2.35. The maximum atomic E-state index is 10.6. The minimum atomic E-state index is -0.701. The van der Waals surface area contributed by atoms with E-state index in [0.29, 0.717) is 6.29 Å². The highest BCUT2D eigenvalue weighted by Gasteiger charge is 2.55. The average molecular weight is 220 g/mol. The van der Waals surface area contributed by atoms with Crippen molar-refractivity contribution in [2.24, 2.45) is 0 Å². The molecular weight excluding hydrogens is 208 g/mol. The fourth-order valence-electron chi connectivity index (χ4n) is 1.73. The number of thiol groups is 1. The van der Waals surface area contributed by atoms with Crippen LogP contribution < -0.4 is 0 Å². The molecule has 2 heterocycles. The monoisotopic (exact) mass is 220 g/mol. The van der Waals surface area contributed by atoms with E-state index in [0.717, 1.165) is 0 Å². The number of aldehydes is 1. The van der Waals surface area contributed by atoms with Gasteiger partial charge in [-0.25, -0.2) is 0 Å². The smallest absolute Gasteiger partial charge is 0.190 e. The Morgan fingerprint density at radius 3 is 2.71 bits per heavy atom. The van der Waals surface area contributed by atoms with Crippen LogP contribution in [-0.4, -0.2) is 36.7 Å². The molecule has 0 aromatic rings. The molecule has 2 saturated heterocycles. The lowest BCUT2D eigenvalue weighted by atomic mass is 10.1. The summed E-state index contributed by atoms with van der Waals surface area (Å²) in [4.78, 5) is 10.6. The summed E-state index contributed by atoms with van der Waals surface area (Å²) in [6.07, 6.45) is -1.45. The van der Waals surface area contributed by atoms with Gasteiger partial charge in [-0.3, -0.25) is 0 Å². The summed E-state index contributed by atoms with van der Waals surface area (Å²) in [7, 11) is 0. The largest absolute Gasteiger partial charge is 0.339 e. The molecule has 0 amide bonds. The zero-order valence-corrected chi connectivity index (χ0v) is 8.77. The standard InChI is InChI=1S/C8H12O5S/c1-8(2)11-6-5(13-14)4(3-9)10-7(6)12-8/h3-7,14H,1-2H3/t4-,5+,6-,7-/m0/s1. The number of ether oxygens (including phenoxy) is 3. The number of rotatable bonds is 2. The molecule has 0 aromatic carbocycles. The van der Waals surface area contributed by atoms with Crippen molar-refractivity contribution in [3.63, 3.8) is 0 Å². The van der Waals surface area contributed by atoms with Crippen LogP contribution in [0.2, 0.25) is 0 Å². The molecule has 2 fully saturated rings. The second kappa shape index (κ2) is 3.46. The molecule has 6 heteroatoms. The molecule has 0 unspecified atom stereocenters. The van der Waals surface area contributed by atoms with Gasteiger partial charge < -0.3 is 23.2 Å². The van der Waals surface area contributed by atoms with Crippen LogP contribution >= 0.6 is 12.9 Å². The van der Waals surface area contributed by atoms with Gasteiger partial charge in [0.25, 0.3) is 0 Å². The van der Waals surface area contributed by atoms with Crippen LogP contribution in [0.5, 0.6) is 0 Å². The second-order valence-corrected chi connectivity index (χ2v) is 3.99. The normalized spacial score (nSPS) is 45.1. The van der Waals surface area contributed by atoms with Crippen LogP contribution in [0.4, 0.5) is 0 Å². The van der Waals surface area contributed by atoms with Crippen LogP contribution in [0.15, 0.2) is 0 Å². The van der Waals surface area contributed by atoms with E-state index in [1.54, 1.807) is 13.8 Å². The Hall–Kier alpha value is -0.140. The van der Waals surface area contributed by atoms with Crippen LogP contribution in [-0.2, 0) is 23.2 Å². The minimum absolute atomic E-state index is 0.391. The Morgan fingerprint density at radius 1 is 1.43 bits per heavy atom. The molecule has 0 aromatic heterocycles. The molecule has 5 nitrogen and oxygen atoms in total. The third kappa shape index (κ3) is 1.57. The molecule has 14 heavy (non-hydrogen) atoms. The first-order chi connectivity index (χ1) is 6.57. The van der Waals surface area contributed by atoms with Gasteiger partial charge in [0, 0.05) is 0 Å². The molecule has 2 rings (SSSR count). The Kier molecular flexibility index (Phi) is 2.57. The van der Waals surface area contributed by atoms with Gasteiger partial charge in [-0.05, 0) is 26.8 Å². The number of fused-ring (bicyclic) bond motifs is 1. The SMILES string of the molecule is CC1(C)O[C@@H]2O[C@@H](C=O)[C@@H](OS)[C@@H]2O1. The van der Waals surface area contributed by atoms with E-state index in [1.165, 1.54) is 0 Å². The summed E-state index contributed by atoms with van der Waals surface area (Å²) in [5, 5.41) is 0. The van der Waals surface area contributed by atoms with Gasteiger partial charge in [0.2, 0.25) is 0 Å². The predicted octanol–water partition coefficient (Wildman–Crippen LogP) is 0.292. The highest BCUT2D eigenvalue weighted by atomic mass is 32.1. The van der Waals surface area contributed by atoms with E-state index in [9.17, 15) is 4.79 Å². The number of carbonyl (C=O) groups excluding carboxylic acids is 1. The third-order valence-electron chi connectivity index (χ3n) is 2.28. The zero-order valence-electron chi connectivity index (χ0n) is 7.88. The summed E-state index contributed by atoms with van der Waals surface area (Å²) in [6.45, 7) is 3.56. The van der Waals surface area contributed by atoms with Crippen molar-refractivity contribution in [2.45, 2.75) is 44.2 Å². The molecule has 4 atom stereocenters. The van der Waals surface area contributed by atoms with Crippen molar-refractivity contribution in [1.29, 1.82) is 0 Å². The maximum absolute atomic E-state index is 10.6. The van der Waals surface area contributed by atoms with Crippen LogP contribution in [0.25, 0.3) is 0 Å². The fourth-order valence-corrected chi connectivity index (χ4v) is 1.97. The summed E-state index contributed by atoms with van der Waals surface area (Å²) in [5.74, 6) is -0.701. The Balaban J connectivity index is 2.13. The van der Waals surface area contributed by atoms with Crippen molar-refractivity contribution >= 4 is 19.2 Å². The minimum Gasteiger partial charge on any atom is -0.339 e. The molecule has 0 radical (unpaired) electrons. The Bertz CT molecular complexity index is 244. The maximum Gasteiger partial charge on any atom is 0.190 e. The van der Waals surface area contributed by atoms with E-state index >= 15 is 0 Å². The van der Waals surface area contributed by atoms with E-state index < -0.39 is 30.4 Å². The summed E-state index contributed by atoms with van der Waals surface area (Å²) in [6, 6.07) is 0. The van der Waals surface area contributed by atoms with Gasteiger partial charge in [0.15, 0.2) is 18.4 Å². The molecule has 0 N–H and O–H groups in total. The van der Waals surface area contributed by atoms with Crippen molar-refractivity contribution in [1.82, 2.24) is 0 Å². The lowest BCUT2D eigenvalue weighted by Gasteiger charge is -2.21. The van der Waals surface area contributed by atoms with Crippen LogP contribution in [0.3, 0.4) is 0 Å². The van der Waals surface area contributed by atoms with Gasteiger partial charge in [0.1, 0.15) is 18.3 Å². The summed E-state index contributed by atoms with van der Waals surface area (Å²) < 4.78 is 21.1. The average Bonchev–Trinajstić information content (AvgIpc) is 2.55. The quantitative estimate of drug-likeness (QED) is 0.412. The van der Waals surface area contributed by atoms with Crippen molar-refractivity contribution in [3.05, 3.63) is 0 Å². The predicted molar refractivity (Wildman–Crippen MR) is 48.6 cm³/mol. The fraction of sp³-hybridized carbons (Fsp3) is 0.875. The summed E-state index contributed by atoms with van der Waals surface area (Å²) in [5.41, 5.74) is 0. The molecule has 0 bridgehead atoms. The molecule has 80 valence electrons. The molecular formula is C8H12O5S. The molecule has 2 aliphatic rings. The Morgan fingerprint density at radius 2 is 2.14 bits per heavy atom. The van der Waals surface area contributed by atoms with E-state index in [-0.39, 0.29) is 0 Å². The van der Waals surface area contributed by atoms with Gasteiger partial charge in [-0.15, -0.1) is 0 Å². The molecule has 0 saturated carbocycles. The molecule has 0 spiro atoms. The van der Waals surface area contributed by atoms with Gasteiger partial charge in [-0.1, -0.05) is 0 Å². The highest BCUT2D eigenvalue weighted by molar-refractivity contribution is 7.75. The van der Waals surface area contributed by atoms with Gasteiger partial charge in [0.05, 0.1) is 0 Å². The zero-order chi connectivity index (χ0) is 10.3. The van der Waals surface area contributed by atoms with E-state index in [4.69, 9.17) is 18.4 Å². The Labute approximate surface area is 87.3 Å². The number of hydrogen-bond donors (Lipinski definition) is 1. The van der Waals surface area contributed by atoms with Gasteiger partial charge >= 0.3 is 0 Å². The first kappa shape index (κ1) is 10.4.